The molecule has 6 nitrogen and oxygen atoms in total. The molecule has 0 radical (unpaired) electrons. The zero-order chi connectivity index (χ0) is 20.3. The molecule has 0 unspecified atom stereocenters. The summed E-state index contributed by atoms with van der Waals surface area (Å²) in [5.41, 5.74) is 3.71. The summed E-state index contributed by atoms with van der Waals surface area (Å²) in [6, 6.07) is 16.6. The highest BCUT2D eigenvalue weighted by Crippen LogP contribution is 2.18. The zero-order valence-corrected chi connectivity index (χ0v) is 20.2. The number of para-hydroxylation sites is 1. The van der Waals surface area contributed by atoms with Gasteiger partial charge in [0.25, 0.3) is 0 Å². The maximum atomic E-state index is 5.47. The molecule has 3 rings (SSSR count). The largest absolute Gasteiger partial charge is 0.496 e. The van der Waals surface area contributed by atoms with E-state index in [1.807, 2.05) is 24.3 Å². The Morgan fingerprint density at radius 1 is 1.00 bits per heavy atom. The predicted octanol–water partition coefficient (Wildman–Crippen LogP) is 3.40. The van der Waals surface area contributed by atoms with Crippen molar-refractivity contribution in [1.29, 1.82) is 0 Å². The molecule has 30 heavy (non-hydrogen) atoms. The summed E-state index contributed by atoms with van der Waals surface area (Å²) in [5, 5.41) is 6.81. The average molecular weight is 524 g/mol. The average Bonchev–Trinajstić information content (AvgIpc) is 2.77. The van der Waals surface area contributed by atoms with E-state index in [-0.39, 0.29) is 24.0 Å². The van der Waals surface area contributed by atoms with Crippen LogP contribution in [0.1, 0.15) is 23.6 Å². The van der Waals surface area contributed by atoms with E-state index >= 15 is 0 Å². The Morgan fingerprint density at radius 2 is 1.67 bits per heavy atom. The lowest BCUT2D eigenvalue weighted by Crippen LogP contribution is -2.38. The van der Waals surface area contributed by atoms with E-state index in [4.69, 9.17) is 14.5 Å². The molecular formula is C23H33IN4O2. The molecule has 1 fully saturated rings. The lowest BCUT2D eigenvalue weighted by Gasteiger charge is -2.27. The molecule has 0 atom stereocenters. The summed E-state index contributed by atoms with van der Waals surface area (Å²) in [7, 11) is 1.69. The van der Waals surface area contributed by atoms with E-state index in [9.17, 15) is 0 Å². The van der Waals surface area contributed by atoms with E-state index in [0.29, 0.717) is 6.54 Å². The van der Waals surface area contributed by atoms with Gasteiger partial charge >= 0.3 is 0 Å². The van der Waals surface area contributed by atoms with Crippen LogP contribution in [0.3, 0.4) is 0 Å². The standard InChI is InChI=1S/C23H32N4O2.HI/c1-3-24-23(26-17-20-9-6-7-11-22(20)28-2)25-16-19-8-4-5-10-21(19)18-27-12-14-29-15-13-27;/h4-11H,3,12-18H2,1-2H3,(H2,24,25,26);1H. The molecule has 0 aliphatic carbocycles. The summed E-state index contributed by atoms with van der Waals surface area (Å²) in [6.45, 7) is 8.76. The Bertz CT molecular complexity index is 794. The molecule has 2 aromatic rings. The molecule has 2 aromatic carbocycles. The highest BCUT2D eigenvalue weighted by molar-refractivity contribution is 14.0. The van der Waals surface area contributed by atoms with Gasteiger partial charge in [0.2, 0.25) is 0 Å². The van der Waals surface area contributed by atoms with Crippen LogP contribution in [0.5, 0.6) is 5.75 Å². The highest BCUT2D eigenvalue weighted by atomic mass is 127. The van der Waals surface area contributed by atoms with Crippen molar-refractivity contribution in [3.63, 3.8) is 0 Å². The Labute approximate surface area is 197 Å². The Hall–Kier alpha value is -1.84. The van der Waals surface area contributed by atoms with Gasteiger partial charge < -0.3 is 20.1 Å². The molecule has 0 bridgehead atoms. The topological polar surface area (TPSA) is 58.1 Å². The van der Waals surface area contributed by atoms with Gasteiger partial charge in [0, 0.05) is 38.3 Å². The zero-order valence-electron chi connectivity index (χ0n) is 17.9. The molecule has 7 heteroatoms. The van der Waals surface area contributed by atoms with Gasteiger partial charge in [-0.3, -0.25) is 4.90 Å². The number of ether oxygens (including phenoxy) is 2. The van der Waals surface area contributed by atoms with Crippen LogP contribution >= 0.6 is 24.0 Å². The summed E-state index contributed by atoms with van der Waals surface area (Å²) in [4.78, 5) is 7.19. The number of morpholine rings is 1. The van der Waals surface area contributed by atoms with Crippen molar-refractivity contribution in [2.45, 2.75) is 26.6 Å². The van der Waals surface area contributed by atoms with E-state index in [2.05, 4.69) is 46.7 Å². The molecule has 0 aromatic heterocycles. The Balaban J connectivity index is 0.00000320. The fourth-order valence-electron chi connectivity index (χ4n) is 3.40. The van der Waals surface area contributed by atoms with E-state index in [1.165, 1.54) is 11.1 Å². The first-order chi connectivity index (χ1) is 14.3. The fraction of sp³-hybridized carbons (Fsp3) is 0.435. The number of nitrogens with one attached hydrogen (secondary N) is 2. The van der Waals surface area contributed by atoms with Crippen LogP contribution < -0.4 is 15.4 Å². The van der Waals surface area contributed by atoms with Crippen LogP contribution in [0, 0.1) is 0 Å². The molecule has 164 valence electrons. The van der Waals surface area contributed by atoms with Crippen molar-refractivity contribution in [2.75, 3.05) is 40.0 Å². The number of halogens is 1. The molecule has 2 N–H and O–H groups in total. The molecule has 0 spiro atoms. The second-order valence-electron chi connectivity index (χ2n) is 7.02. The summed E-state index contributed by atoms with van der Waals surface area (Å²) in [5.74, 6) is 1.67. The van der Waals surface area contributed by atoms with E-state index in [0.717, 1.165) is 63.2 Å². The van der Waals surface area contributed by atoms with Crippen LogP contribution in [0.15, 0.2) is 53.5 Å². The van der Waals surface area contributed by atoms with Gasteiger partial charge in [-0.05, 0) is 24.1 Å². The van der Waals surface area contributed by atoms with Crippen molar-refractivity contribution in [2.24, 2.45) is 4.99 Å². The molecule has 1 aliphatic heterocycles. The minimum absolute atomic E-state index is 0. The molecule has 1 aliphatic rings. The minimum Gasteiger partial charge on any atom is -0.496 e. The highest BCUT2D eigenvalue weighted by Gasteiger charge is 2.13. The third kappa shape index (κ3) is 7.45. The number of hydrogen-bond donors (Lipinski definition) is 2. The Kier molecular flexibility index (Phi) is 11.0. The molecule has 1 heterocycles. The summed E-state index contributed by atoms with van der Waals surface area (Å²) in [6.07, 6.45) is 0. The number of rotatable bonds is 8. The SMILES string of the molecule is CCNC(=NCc1ccccc1OC)NCc1ccccc1CN1CCOCC1.I. The number of nitrogens with zero attached hydrogens (tertiary/aromatic N) is 2. The van der Waals surface area contributed by atoms with Gasteiger partial charge in [-0.2, -0.15) is 0 Å². The second kappa shape index (κ2) is 13.5. The number of benzene rings is 2. The number of hydrogen-bond acceptors (Lipinski definition) is 4. The fourth-order valence-corrected chi connectivity index (χ4v) is 3.40. The van der Waals surface area contributed by atoms with Crippen LogP contribution in [0.25, 0.3) is 0 Å². The van der Waals surface area contributed by atoms with Crippen LogP contribution in [-0.4, -0.2) is 50.8 Å². The first-order valence-electron chi connectivity index (χ1n) is 10.3. The van der Waals surface area contributed by atoms with E-state index in [1.54, 1.807) is 7.11 Å². The van der Waals surface area contributed by atoms with Crippen molar-refractivity contribution in [3.05, 3.63) is 65.2 Å². The Morgan fingerprint density at radius 3 is 2.37 bits per heavy atom. The van der Waals surface area contributed by atoms with Crippen molar-refractivity contribution >= 4 is 29.9 Å². The van der Waals surface area contributed by atoms with Crippen molar-refractivity contribution < 1.29 is 9.47 Å². The second-order valence-corrected chi connectivity index (χ2v) is 7.02. The van der Waals surface area contributed by atoms with Crippen molar-refractivity contribution in [1.82, 2.24) is 15.5 Å². The quantitative estimate of drug-likeness (QED) is 0.315. The molecular weight excluding hydrogens is 491 g/mol. The van der Waals surface area contributed by atoms with Gasteiger partial charge in [0.1, 0.15) is 5.75 Å². The first-order valence-corrected chi connectivity index (χ1v) is 10.3. The van der Waals surface area contributed by atoms with Crippen LogP contribution in [-0.2, 0) is 24.4 Å². The third-order valence-electron chi connectivity index (χ3n) is 5.01. The number of guanidine groups is 1. The van der Waals surface area contributed by atoms with Gasteiger partial charge in [-0.15, -0.1) is 24.0 Å². The van der Waals surface area contributed by atoms with Gasteiger partial charge in [0.15, 0.2) is 5.96 Å². The van der Waals surface area contributed by atoms with Gasteiger partial charge in [-0.25, -0.2) is 4.99 Å². The third-order valence-corrected chi connectivity index (χ3v) is 5.01. The number of methoxy groups -OCH3 is 1. The predicted molar refractivity (Wildman–Crippen MR) is 133 cm³/mol. The van der Waals surface area contributed by atoms with Gasteiger partial charge in [-0.1, -0.05) is 42.5 Å². The maximum absolute atomic E-state index is 5.47. The lowest BCUT2D eigenvalue weighted by molar-refractivity contribution is 0.0341. The van der Waals surface area contributed by atoms with Crippen LogP contribution in [0.2, 0.25) is 0 Å². The van der Waals surface area contributed by atoms with Crippen molar-refractivity contribution in [3.8, 4) is 5.75 Å². The van der Waals surface area contributed by atoms with Crippen LogP contribution in [0.4, 0.5) is 0 Å². The normalized spacial score (nSPS) is 14.7. The summed E-state index contributed by atoms with van der Waals surface area (Å²) < 4.78 is 10.9. The van der Waals surface area contributed by atoms with Gasteiger partial charge in [0.05, 0.1) is 26.9 Å². The first kappa shape index (κ1) is 24.4. The molecule has 0 saturated carbocycles. The maximum Gasteiger partial charge on any atom is 0.191 e. The van der Waals surface area contributed by atoms with E-state index < -0.39 is 0 Å². The smallest absolute Gasteiger partial charge is 0.191 e. The lowest BCUT2D eigenvalue weighted by atomic mass is 10.1. The summed E-state index contributed by atoms with van der Waals surface area (Å²) >= 11 is 0. The monoisotopic (exact) mass is 524 g/mol. The molecule has 0 amide bonds. The number of aliphatic imine (C=N–C) groups is 1. The minimum atomic E-state index is 0. The molecule has 1 saturated heterocycles.